The van der Waals surface area contributed by atoms with Crippen molar-refractivity contribution in [3.63, 3.8) is 0 Å². The molecule has 2 amide bonds. The second-order valence-electron chi connectivity index (χ2n) is 6.67. The maximum Gasteiger partial charge on any atom is 0.270 e. The number of nitrogens with zero attached hydrogens (tertiary/aromatic N) is 2. The minimum absolute atomic E-state index is 0.00856. The second-order valence-corrected chi connectivity index (χ2v) is 8.71. The van der Waals surface area contributed by atoms with Crippen molar-refractivity contribution in [2.45, 2.75) is 6.92 Å². The van der Waals surface area contributed by atoms with Crippen molar-refractivity contribution in [1.82, 2.24) is 9.88 Å². The summed E-state index contributed by atoms with van der Waals surface area (Å²) in [4.78, 5) is 27.1. The third-order valence-corrected chi connectivity index (χ3v) is 6.10. The highest BCUT2D eigenvalue weighted by Crippen LogP contribution is 2.27. The number of benzene rings is 2. The van der Waals surface area contributed by atoms with Crippen molar-refractivity contribution in [3.05, 3.63) is 86.2 Å². The van der Waals surface area contributed by atoms with E-state index in [1.165, 1.54) is 4.90 Å². The average molecular weight is 548 g/mol. The van der Waals surface area contributed by atoms with Crippen LogP contribution in [0.25, 0.3) is 11.8 Å². The molecule has 1 aliphatic rings. The van der Waals surface area contributed by atoms with E-state index in [9.17, 15) is 9.59 Å². The fraction of sp³-hybridized carbons (Fsp3) is 0.0455. The summed E-state index contributed by atoms with van der Waals surface area (Å²) in [5.74, 6) is -1.03. The molecule has 0 atom stereocenters. The highest BCUT2D eigenvalue weighted by atomic mass is 127. The van der Waals surface area contributed by atoms with E-state index in [0.29, 0.717) is 16.4 Å². The zero-order chi connectivity index (χ0) is 21.4. The summed E-state index contributed by atoms with van der Waals surface area (Å²) in [7, 11) is 0. The Kier molecular flexibility index (Phi) is 5.77. The lowest BCUT2D eigenvalue weighted by molar-refractivity contribution is -0.122. The lowest BCUT2D eigenvalue weighted by Crippen LogP contribution is -2.54. The summed E-state index contributed by atoms with van der Waals surface area (Å²) in [5, 5.41) is 3.13. The van der Waals surface area contributed by atoms with Gasteiger partial charge in [-0.15, -0.1) is 0 Å². The number of anilines is 1. The van der Waals surface area contributed by atoms with Crippen LogP contribution in [0, 0.1) is 10.5 Å². The van der Waals surface area contributed by atoms with Crippen LogP contribution in [0.3, 0.4) is 0 Å². The van der Waals surface area contributed by atoms with E-state index in [0.717, 1.165) is 14.8 Å². The van der Waals surface area contributed by atoms with Gasteiger partial charge < -0.3 is 4.57 Å². The van der Waals surface area contributed by atoms with Gasteiger partial charge in [0.05, 0.1) is 5.69 Å². The number of nitrogens with one attached hydrogen (secondary N) is 1. The molecule has 8 heteroatoms. The molecule has 0 bridgehead atoms. The molecule has 30 heavy (non-hydrogen) atoms. The Balaban J connectivity index is 1.74. The summed E-state index contributed by atoms with van der Waals surface area (Å²) in [6.07, 6.45) is 3.45. The fourth-order valence-corrected chi connectivity index (χ4v) is 3.92. The third kappa shape index (κ3) is 3.92. The zero-order valence-electron chi connectivity index (χ0n) is 15.7. The first-order valence-electron chi connectivity index (χ1n) is 8.96. The van der Waals surface area contributed by atoms with Crippen LogP contribution in [0.15, 0.2) is 66.4 Å². The van der Waals surface area contributed by atoms with Crippen LogP contribution in [0.4, 0.5) is 5.69 Å². The molecule has 0 aliphatic carbocycles. The van der Waals surface area contributed by atoms with Crippen molar-refractivity contribution in [2.75, 3.05) is 4.90 Å². The highest BCUT2D eigenvalue weighted by Gasteiger charge is 2.34. The first-order chi connectivity index (χ1) is 14.3. The van der Waals surface area contributed by atoms with Crippen LogP contribution < -0.4 is 10.2 Å². The van der Waals surface area contributed by atoms with Crippen LogP contribution in [0.2, 0.25) is 5.02 Å². The van der Waals surface area contributed by atoms with Gasteiger partial charge in [0.25, 0.3) is 11.8 Å². The maximum absolute atomic E-state index is 13.2. The van der Waals surface area contributed by atoms with Gasteiger partial charge in [-0.2, -0.15) is 0 Å². The van der Waals surface area contributed by atoms with E-state index in [-0.39, 0.29) is 10.7 Å². The maximum atomic E-state index is 13.2. The predicted octanol–water partition coefficient (Wildman–Crippen LogP) is 4.88. The number of hydrogen-bond donors (Lipinski definition) is 1. The Labute approximate surface area is 197 Å². The van der Waals surface area contributed by atoms with Crippen LogP contribution in [0.5, 0.6) is 0 Å². The first kappa shape index (κ1) is 20.8. The molecule has 150 valence electrons. The number of aromatic nitrogens is 1. The van der Waals surface area contributed by atoms with E-state index in [1.54, 1.807) is 24.3 Å². The number of carbonyl (C=O) groups excluding carboxylic acids is 2. The molecule has 4 rings (SSSR count). The van der Waals surface area contributed by atoms with Gasteiger partial charge in [0.2, 0.25) is 0 Å². The monoisotopic (exact) mass is 547 g/mol. The number of halogens is 2. The summed E-state index contributed by atoms with van der Waals surface area (Å²) < 4.78 is 3.02. The molecule has 1 saturated heterocycles. The van der Waals surface area contributed by atoms with Gasteiger partial charge in [0, 0.05) is 26.2 Å². The van der Waals surface area contributed by atoms with Crippen molar-refractivity contribution >= 4 is 75.1 Å². The SMILES string of the molecule is Cc1ccc(N2C(=O)/C(=C/c3cccn3-c3ccc(I)cc3)C(=O)NC2=S)cc1Cl. The molecule has 5 nitrogen and oxygen atoms in total. The predicted molar refractivity (Wildman–Crippen MR) is 131 cm³/mol. The summed E-state index contributed by atoms with van der Waals surface area (Å²) in [6, 6.07) is 16.8. The fourth-order valence-electron chi connectivity index (χ4n) is 3.11. The molecule has 0 saturated carbocycles. The van der Waals surface area contributed by atoms with Gasteiger partial charge in [0.15, 0.2) is 5.11 Å². The Bertz CT molecular complexity index is 1220. The zero-order valence-corrected chi connectivity index (χ0v) is 19.5. The number of hydrogen-bond acceptors (Lipinski definition) is 3. The van der Waals surface area contributed by atoms with Crippen molar-refractivity contribution < 1.29 is 9.59 Å². The average Bonchev–Trinajstić information content (AvgIpc) is 3.16. The van der Waals surface area contributed by atoms with E-state index < -0.39 is 11.8 Å². The Morgan fingerprint density at radius 3 is 2.47 bits per heavy atom. The van der Waals surface area contributed by atoms with Crippen molar-refractivity contribution in [2.24, 2.45) is 0 Å². The standard InChI is InChI=1S/C22H15ClIN3O2S/c1-13-4-7-17(12-19(13)23)27-21(29)18(20(28)25-22(27)30)11-16-3-2-10-26(16)15-8-5-14(24)6-9-15/h2-12H,1H3,(H,25,28,30)/b18-11+. The topological polar surface area (TPSA) is 54.3 Å². The van der Waals surface area contributed by atoms with Crippen molar-refractivity contribution in [1.29, 1.82) is 0 Å². The molecule has 1 fully saturated rings. The smallest absolute Gasteiger partial charge is 0.270 e. The molecule has 3 aromatic rings. The Morgan fingerprint density at radius 1 is 1.07 bits per heavy atom. The first-order valence-corrected chi connectivity index (χ1v) is 10.8. The molecule has 1 N–H and O–H groups in total. The largest absolute Gasteiger partial charge is 0.317 e. The summed E-state index contributed by atoms with van der Waals surface area (Å²) in [5.41, 5.74) is 2.99. The van der Waals surface area contributed by atoms with Gasteiger partial charge >= 0.3 is 0 Å². The molecule has 0 spiro atoms. The number of amides is 2. The van der Waals surface area contributed by atoms with E-state index in [2.05, 4.69) is 27.9 Å². The molecule has 2 heterocycles. The van der Waals surface area contributed by atoms with Crippen molar-refractivity contribution in [3.8, 4) is 5.69 Å². The number of rotatable bonds is 3. The van der Waals surface area contributed by atoms with Crippen LogP contribution in [-0.4, -0.2) is 21.5 Å². The summed E-state index contributed by atoms with van der Waals surface area (Å²) in [6.45, 7) is 1.87. The number of carbonyl (C=O) groups is 2. The van der Waals surface area contributed by atoms with Gasteiger partial charge in [0.1, 0.15) is 5.57 Å². The molecule has 1 aromatic heterocycles. The van der Waals surface area contributed by atoms with E-state index >= 15 is 0 Å². The molecule has 0 radical (unpaired) electrons. The molecular formula is C22H15ClIN3O2S. The summed E-state index contributed by atoms with van der Waals surface area (Å²) >= 11 is 13.7. The molecule has 0 unspecified atom stereocenters. The second kappa shape index (κ2) is 8.33. The molecule has 2 aromatic carbocycles. The van der Waals surface area contributed by atoms with Gasteiger partial charge in [-0.25, -0.2) is 0 Å². The van der Waals surface area contributed by atoms with Gasteiger partial charge in [-0.05, 0) is 102 Å². The number of thiocarbonyl (C=S) groups is 1. The normalized spacial score (nSPS) is 15.6. The third-order valence-electron chi connectivity index (χ3n) is 4.69. The van der Waals surface area contributed by atoms with Gasteiger partial charge in [-0.1, -0.05) is 17.7 Å². The van der Waals surface area contributed by atoms with Crippen LogP contribution >= 0.6 is 46.4 Å². The Hall–Kier alpha value is -2.49. The molecular weight excluding hydrogens is 533 g/mol. The van der Waals surface area contributed by atoms with Gasteiger partial charge in [-0.3, -0.25) is 19.8 Å². The van der Waals surface area contributed by atoms with E-state index in [4.69, 9.17) is 23.8 Å². The molecule has 1 aliphatic heterocycles. The minimum atomic E-state index is -0.533. The van der Waals surface area contributed by atoms with Crippen LogP contribution in [0.1, 0.15) is 11.3 Å². The quantitative estimate of drug-likeness (QED) is 0.220. The minimum Gasteiger partial charge on any atom is -0.317 e. The highest BCUT2D eigenvalue weighted by molar-refractivity contribution is 14.1. The number of aryl methyl sites for hydroxylation is 1. The lowest BCUT2D eigenvalue weighted by atomic mass is 10.1. The lowest BCUT2D eigenvalue weighted by Gasteiger charge is -2.29. The van der Waals surface area contributed by atoms with E-state index in [1.807, 2.05) is 54.1 Å². The Morgan fingerprint density at radius 2 is 1.77 bits per heavy atom. The van der Waals surface area contributed by atoms with Crippen LogP contribution in [-0.2, 0) is 9.59 Å².